The maximum absolute atomic E-state index is 11.2. The van der Waals surface area contributed by atoms with Crippen LogP contribution in [0.25, 0.3) is 0 Å². The van der Waals surface area contributed by atoms with Crippen molar-refractivity contribution in [1.29, 1.82) is 5.26 Å². The number of rotatable bonds is 2. The van der Waals surface area contributed by atoms with Gasteiger partial charge in [0, 0.05) is 12.1 Å². The van der Waals surface area contributed by atoms with Gasteiger partial charge in [0.2, 0.25) is 0 Å². The minimum Gasteiger partial charge on any atom is -0.352 e. The van der Waals surface area contributed by atoms with Crippen molar-refractivity contribution in [2.75, 3.05) is 6.54 Å². The minimum absolute atomic E-state index is 0.167. The Balaban J connectivity index is 2.81. The Hall–Kier alpha value is -1.82. The van der Waals surface area contributed by atoms with Gasteiger partial charge in [-0.25, -0.2) is 0 Å². The van der Waals surface area contributed by atoms with Crippen LogP contribution in [-0.2, 0) is 0 Å². The van der Waals surface area contributed by atoms with Crippen molar-refractivity contribution in [2.24, 2.45) is 0 Å². The molecule has 0 aliphatic rings. The zero-order valence-electron chi connectivity index (χ0n) is 7.08. The van der Waals surface area contributed by atoms with Crippen molar-refractivity contribution in [2.45, 2.75) is 0 Å². The quantitative estimate of drug-likeness (QED) is 0.728. The Labute approximate surface area is 77.0 Å². The topological polar surface area (TPSA) is 52.9 Å². The first kappa shape index (κ1) is 9.27. The maximum Gasteiger partial charge on any atom is 0.251 e. The second kappa shape index (κ2) is 4.27. The molecule has 0 fully saturated rings. The Kier molecular flexibility index (Phi) is 3.04. The molecule has 3 nitrogen and oxygen atoms in total. The van der Waals surface area contributed by atoms with Crippen molar-refractivity contribution in [3.63, 3.8) is 0 Å². The van der Waals surface area contributed by atoms with Crippen molar-refractivity contribution in [3.8, 4) is 6.07 Å². The monoisotopic (exact) mass is 173 g/mol. The summed E-state index contributed by atoms with van der Waals surface area (Å²) >= 11 is 0. The zero-order valence-corrected chi connectivity index (χ0v) is 7.08. The van der Waals surface area contributed by atoms with E-state index in [0.717, 1.165) is 0 Å². The van der Waals surface area contributed by atoms with E-state index in [1.165, 1.54) is 0 Å². The molecule has 1 radical (unpaired) electrons. The van der Waals surface area contributed by atoms with E-state index in [1.54, 1.807) is 24.3 Å². The fourth-order valence-electron chi connectivity index (χ4n) is 0.912. The first-order valence-electron chi connectivity index (χ1n) is 3.85. The maximum atomic E-state index is 11.2. The molecule has 0 heterocycles. The van der Waals surface area contributed by atoms with Crippen LogP contribution >= 0.6 is 0 Å². The molecule has 0 bridgehead atoms. The van der Waals surface area contributed by atoms with Gasteiger partial charge >= 0.3 is 0 Å². The van der Waals surface area contributed by atoms with Gasteiger partial charge < -0.3 is 5.32 Å². The molecule has 0 unspecified atom stereocenters. The summed E-state index contributed by atoms with van der Waals surface area (Å²) in [6.07, 6.45) is 0. The van der Waals surface area contributed by atoms with E-state index in [0.29, 0.717) is 17.7 Å². The van der Waals surface area contributed by atoms with Crippen LogP contribution in [-0.4, -0.2) is 12.5 Å². The van der Waals surface area contributed by atoms with Gasteiger partial charge in [-0.15, -0.1) is 0 Å². The lowest BCUT2D eigenvalue weighted by Gasteiger charge is -2.00. The summed E-state index contributed by atoms with van der Waals surface area (Å²) in [5, 5.41) is 11.1. The van der Waals surface area contributed by atoms with Gasteiger partial charge in [0.15, 0.2) is 0 Å². The van der Waals surface area contributed by atoms with E-state index in [2.05, 4.69) is 12.2 Å². The van der Waals surface area contributed by atoms with E-state index in [4.69, 9.17) is 5.26 Å². The van der Waals surface area contributed by atoms with Gasteiger partial charge in [-0.1, -0.05) is 0 Å². The van der Waals surface area contributed by atoms with Crippen LogP contribution in [0.1, 0.15) is 15.9 Å². The van der Waals surface area contributed by atoms with Gasteiger partial charge in [0.1, 0.15) is 0 Å². The normalized spacial score (nSPS) is 8.92. The number of carbonyl (C=O) groups is 1. The third-order valence-electron chi connectivity index (χ3n) is 1.56. The largest absolute Gasteiger partial charge is 0.352 e. The average Bonchev–Trinajstić information content (AvgIpc) is 2.18. The van der Waals surface area contributed by atoms with Gasteiger partial charge in [0.25, 0.3) is 5.91 Å². The SMILES string of the molecule is [CH2]CNC(=O)c1ccc(C#N)cc1. The van der Waals surface area contributed by atoms with Gasteiger partial charge in [0.05, 0.1) is 11.6 Å². The molecule has 65 valence electrons. The molecule has 0 saturated heterocycles. The lowest BCUT2D eigenvalue weighted by atomic mass is 10.1. The van der Waals surface area contributed by atoms with Crippen molar-refractivity contribution in [1.82, 2.24) is 5.32 Å². The molecule has 1 amide bonds. The molecule has 0 aliphatic heterocycles. The number of nitrogens with zero attached hydrogens (tertiary/aromatic N) is 1. The molecule has 1 rings (SSSR count). The summed E-state index contributed by atoms with van der Waals surface area (Å²) in [5.41, 5.74) is 1.09. The molecule has 0 aromatic heterocycles. The van der Waals surface area contributed by atoms with E-state index >= 15 is 0 Å². The van der Waals surface area contributed by atoms with Crippen molar-refractivity contribution < 1.29 is 4.79 Å². The van der Waals surface area contributed by atoms with E-state index < -0.39 is 0 Å². The second-order valence-corrected chi connectivity index (χ2v) is 2.45. The second-order valence-electron chi connectivity index (χ2n) is 2.45. The zero-order chi connectivity index (χ0) is 9.68. The Morgan fingerprint density at radius 3 is 2.54 bits per heavy atom. The van der Waals surface area contributed by atoms with Crippen LogP contribution in [0.5, 0.6) is 0 Å². The summed E-state index contributed by atoms with van der Waals surface area (Å²) in [5.74, 6) is -0.167. The standard InChI is InChI=1S/C10H9N2O/c1-2-12-10(13)9-5-3-8(7-11)4-6-9/h3-6H,1-2H2,(H,12,13). The number of carbonyl (C=O) groups excluding carboxylic acids is 1. The summed E-state index contributed by atoms with van der Waals surface area (Å²) < 4.78 is 0. The van der Waals surface area contributed by atoms with E-state index in [9.17, 15) is 4.79 Å². The van der Waals surface area contributed by atoms with Crippen LogP contribution in [0.15, 0.2) is 24.3 Å². The van der Waals surface area contributed by atoms with Crippen LogP contribution in [0, 0.1) is 18.3 Å². The molecule has 0 spiro atoms. The fourth-order valence-corrected chi connectivity index (χ4v) is 0.912. The third-order valence-corrected chi connectivity index (χ3v) is 1.56. The van der Waals surface area contributed by atoms with E-state index in [-0.39, 0.29) is 5.91 Å². The summed E-state index contributed by atoms with van der Waals surface area (Å²) in [6.45, 7) is 3.86. The number of amides is 1. The molecule has 0 saturated carbocycles. The molecule has 0 aliphatic carbocycles. The van der Waals surface area contributed by atoms with Crippen molar-refractivity contribution >= 4 is 5.91 Å². The summed E-state index contributed by atoms with van der Waals surface area (Å²) in [6, 6.07) is 8.43. The number of hydrogen-bond donors (Lipinski definition) is 1. The van der Waals surface area contributed by atoms with E-state index in [1.807, 2.05) is 6.07 Å². The Morgan fingerprint density at radius 2 is 2.08 bits per heavy atom. The Bertz CT molecular complexity index is 335. The highest BCUT2D eigenvalue weighted by Gasteiger charge is 2.02. The third kappa shape index (κ3) is 2.31. The van der Waals surface area contributed by atoms with Crippen LogP contribution in [0.4, 0.5) is 0 Å². The predicted octanol–water partition coefficient (Wildman–Crippen LogP) is 1.12. The Morgan fingerprint density at radius 1 is 1.46 bits per heavy atom. The van der Waals surface area contributed by atoms with Gasteiger partial charge in [-0.3, -0.25) is 4.79 Å². The number of nitrogens with one attached hydrogen (secondary N) is 1. The molecule has 1 aromatic rings. The van der Waals surface area contributed by atoms with Crippen molar-refractivity contribution in [3.05, 3.63) is 42.3 Å². The molecule has 0 atom stereocenters. The first-order chi connectivity index (χ1) is 6.27. The van der Waals surface area contributed by atoms with Crippen LogP contribution in [0.2, 0.25) is 0 Å². The highest BCUT2D eigenvalue weighted by molar-refractivity contribution is 5.94. The molecule has 1 N–H and O–H groups in total. The smallest absolute Gasteiger partial charge is 0.251 e. The highest BCUT2D eigenvalue weighted by atomic mass is 16.1. The average molecular weight is 173 g/mol. The molecule has 13 heavy (non-hydrogen) atoms. The van der Waals surface area contributed by atoms with Crippen LogP contribution in [0.3, 0.4) is 0 Å². The highest BCUT2D eigenvalue weighted by Crippen LogP contribution is 2.02. The summed E-state index contributed by atoms with van der Waals surface area (Å²) in [7, 11) is 0. The molecule has 3 heteroatoms. The first-order valence-corrected chi connectivity index (χ1v) is 3.85. The minimum atomic E-state index is -0.167. The number of hydrogen-bond acceptors (Lipinski definition) is 2. The van der Waals surface area contributed by atoms with Gasteiger partial charge in [-0.05, 0) is 31.2 Å². The number of benzene rings is 1. The van der Waals surface area contributed by atoms with Crippen LogP contribution < -0.4 is 5.32 Å². The molecule has 1 aromatic carbocycles. The van der Waals surface area contributed by atoms with Gasteiger partial charge in [-0.2, -0.15) is 5.26 Å². The molecular formula is C10H9N2O. The number of nitriles is 1. The summed E-state index contributed by atoms with van der Waals surface area (Å²) in [4.78, 5) is 11.2. The lowest BCUT2D eigenvalue weighted by molar-refractivity contribution is 0.0958. The predicted molar refractivity (Wildman–Crippen MR) is 48.8 cm³/mol. The molecular weight excluding hydrogens is 164 g/mol. The fraction of sp³-hybridized carbons (Fsp3) is 0.100. The lowest BCUT2D eigenvalue weighted by Crippen LogP contribution is -2.22.